The fourth-order valence-corrected chi connectivity index (χ4v) is 4.83. The molecule has 5 rings (SSSR count). The van der Waals surface area contributed by atoms with Crippen molar-refractivity contribution in [2.45, 2.75) is 38.9 Å². The third-order valence-electron chi connectivity index (χ3n) is 5.67. The van der Waals surface area contributed by atoms with Gasteiger partial charge in [-0.25, -0.2) is 9.67 Å². The lowest BCUT2D eigenvalue weighted by atomic mass is 10.3. The first-order valence-electron chi connectivity index (χ1n) is 10.3. The Morgan fingerprint density at radius 2 is 1.79 bits per heavy atom. The van der Waals surface area contributed by atoms with E-state index in [1.54, 1.807) is 11.3 Å². The lowest BCUT2D eigenvalue weighted by molar-refractivity contribution is 0.0973. The molecule has 1 aromatic carbocycles. The molecular weight excluding hydrogens is 400 g/mol. The Labute approximate surface area is 180 Å². The van der Waals surface area contributed by atoms with E-state index in [4.69, 9.17) is 17.3 Å². The minimum Gasteiger partial charge on any atom is -0.295 e. The van der Waals surface area contributed by atoms with Crippen LogP contribution in [-0.4, -0.2) is 55.3 Å². The van der Waals surface area contributed by atoms with Crippen molar-refractivity contribution in [2.24, 2.45) is 0 Å². The summed E-state index contributed by atoms with van der Waals surface area (Å²) < 4.78 is 5.00. The predicted octanol–water partition coefficient (Wildman–Crippen LogP) is 3.82. The van der Waals surface area contributed by atoms with Crippen LogP contribution in [0.2, 0.25) is 0 Å². The molecule has 29 heavy (non-hydrogen) atoms. The van der Waals surface area contributed by atoms with Crippen LogP contribution in [0.3, 0.4) is 0 Å². The van der Waals surface area contributed by atoms with Gasteiger partial charge in [0.15, 0.2) is 0 Å². The predicted molar refractivity (Wildman–Crippen MR) is 118 cm³/mol. The highest BCUT2D eigenvalue weighted by Crippen LogP contribution is 2.40. The SMILES string of the molecule is Cc1nc(CN2CCN(Cn3nc(C4CC4)n(-c4ccccc4)c3=S)CC2)cs1. The van der Waals surface area contributed by atoms with E-state index in [1.807, 2.05) is 10.7 Å². The van der Waals surface area contributed by atoms with E-state index >= 15 is 0 Å². The van der Waals surface area contributed by atoms with Gasteiger partial charge in [0, 0.05) is 49.7 Å². The van der Waals surface area contributed by atoms with Crippen LogP contribution in [0.5, 0.6) is 0 Å². The highest BCUT2D eigenvalue weighted by molar-refractivity contribution is 7.71. The first-order valence-corrected chi connectivity index (χ1v) is 11.6. The summed E-state index contributed by atoms with van der Waals surface area (Å²) in [4.78, 5) is 9.54. The summed E-state index contributed by atoms with van der Waals surface area (Å²) in [5, 5.41) is 8.27. The molecule has 2 aromatic heterocycles. The zero-order valence-corrected chi connectivity index (χ0v) is 18.3. The number of para-hydroxylation sites is 1. The van der Waals surface area contributed by atoms with Gasteiger partial charge in [0.2, 0.25) is 4.77 Å². The van der Waals surface area contributed by atoms with Crippen LogP contribution in [0, 0.1) is 11.7 Å². The summed E-state index contributed by atoms with van der Waals surface area (Å²) in [5.74, 6) is 1.68. The molecule has 3 aromatic rings. The van der Waals surface area contributed by atoms with Gasteiger partial charge < -0.3 is 0 Å². The molecular formula is C21H26N6S2. The minimum absolute atomic E-state index is 0.552. The Morgan fingerprint density at radius 3 is 2.45 bits per heavy atom. The smallest absolute Gasteiger partial charge is 0.203 e. The van der Waals surface area contributed by atoms with Gasteiger partial charge in [-0.05, 0) is 44.1 Å². The van der Waals surface area contributed by atoms with Crippen molar-refractivity contribution in [1.82, 2.24) is 29.1 Å². The van der Waals surface area contributed by atoms with Crippen LogP contribution < -0.4 is 0 Å². The zero-order valence-electron chi connectivity index (χ0n) is 16.7. The van der Waals surface area contributed by atoms with E-state index in [9.17, 15) is 0 Å². The Kier molecular flexibility index (Phi) is 5.34. The van der Waals surface area contributed by atoms with Crippen LogP contribution in [0.25, 0.3) is 5.69 Å². The van der Waals surface area contributed by atoms with Gasteiger partial charge in [0.1, 0.15) is 5.82 Å². The van der Waals surface area contributed by atoms with E-state index in [1.165, 1.54) is 18.5 Å². The number of hydrogen-bond donors (Lipinski definition) is 0. The molecule has 0 unspecified atom stereocenters. The molecule has 0 N–H and O–H groups in total. The molecule has 0 amide bonds. The van der Waals surface area contributed by atoms with Crippen molar-refractivity contribution in [3.8, 4) is 5.69 Å². The lowest BCUT2D eigenvalue weighted by Gasteiger charge is -2.34. The Morgan fingerprint density at radius 1 is 1.07 bits per heavy atom. The van der Waals surface area contributed by atoms with Gasteiger partial charge in [0.25, 0.3) is 0 Å². The Hall–Kier alpha value is -1.87. The van der Waals surface area contributed by atoms with Crippen molar-refractivity contribution in [1.29, 1.82) is 0 Å². The molecule has 1 aliphatic heterocycles. The van der Waals surface area contributed by atoms with E-state index in [-0.39, 0.29) is 0 Å². The largest absolute Gasteiger partial charge is 0.295 e. The summed E-state index contributed by atoms with van der Waals surface area (Å²) in [6.45, 7) is 7.95. The molecule has 1 saturated heterocycles. The molecule has 8 heteroatoms. The summed E-state index contributed by atoms with van der Waals surface area (Å²) in [5.41, 5.74) is 2.31. The number of nitrogens with zero attached hydrogens (tertiary/aromatic N) is 6. The first kappa shape index (κ1) is 19.1. The maximum Gasteiger partial charge on any atom is 0.203 e. The normalized spacial score (nSPS) is 18.4. The number of benzene rings is 1. The lowest BCUT2D eigenvalue weighted by Crippen LogP contribution is -2.46. The fourth-order valence-electron chi connectivity index (χ4n) is 3.93. The number of aryl methyl sites for hydroxylation is 1. The maximum absolute atomic E-state index is 5.84. The van der Waals surface area contributed by atoms with E-state index in [0.717, 1.165) is 60.7 Å². The highest BCUT2D eigenvalue weighted by Gasteiger charge is 2.31. The van der Waals surface area contributed by atoms with E-state index < -0.39 is 0 Å². The van der Waals surface area contributed by atoms with Gasteiger partial charge >= 0.3 is 0 Å². The van der Waals surface area contributed by atoms with Crippen LogP contribution in [-0.2, 0) is 13.2 Å². The van der Waals surface area contributed by atoms with E-state index in [2.05, 4.69) is 55.9 Å². The van der Waals surface area contributed by atoms with Crippen LogP contribution in [0.4, 0.5) is 0 Å². The molecule has 6 nitrogen and oxygen atoms in total. The van der Waals surface area contributed by atoms with Crippen LogP contribution >= 0.6 is 23.6 Å². The molecule has 0 atom stereocenters. The second-order valence-corrected chi connectivity index (χ2v) is 9.41. The van der Waals surface area contributed by atoms with Gasteiger partial charge in [0.05, 0.1) is 17.4 Å². The summed E-state index contributed by atoms with van der Waals surface area (Å²) in [7, 11) is 0. The average Bonchev–Trinajstić information content (AvgIpc) is 3.43. The maximum atomic E-state index is 5.84. The Bertz CT molecular complexity index is 1030. The first-order chi connectivity index (χ1) is 14.2. The summed E-state index contributed by atoms with van der Waals surface area (Å²) in [6, 6.07) is 10.4. The van der Waals surface area contributed by atoms with E-state index in [0.29, 0.717) is 5.92 Å². The second kappa shape index (κ2) is 8.10. The number of hydrogen-bond acceptors (Lipinski definition) is 6. The van der Waals surface area contributed by atoms with Crippen molar-refractivity contribution in [3.05, 3.63) is 57.0 Å². The number of thiazole rings is 1. The topological polar surface area (TPSA) is 42.1 Å². The molecule has 1 aliphatic carbocycles. The molecule has 2 aliphatic rings. The van der Waals surface area contributed by atoms with Gasteiger partial charge in [-0.2, -0.15) is 5.10 Å². The molecule has 0 bridgehead atoms. The fraction of sp³-hybridized carbons (Fsp3) is 0.476. The standard InChI is InChI=1S/C21H26N6S2/c1-16-22-18(14-29-16)13-24-9-11-25(12-10-24)15-26-21(28)27(19-5-3-2-4-6-19)20(23-26)17-7-8-17/h2-6,14,17H,7-13,15H2,1H3. The van der Waals surface area contributed by atoms with Crippen LogP contribution in [0.1, 0.15) is 35.3 Å². The van der Waals surface area contributed by atoms with Crippen molar-refractivity contribution < 1.29 is 0 Å². The quantitative estimate of drug-likeness (QED) is 0.561. The second-order valence-electron chi connectivity index (χ2n) is 7.98. The molecule has 152 valence electrons. The van der Waals surface area contributed by atoms with Crippen LogP contribution in [0.15, 0.2) is 35.7 Å². The number of piperazine rings is 1. The average molecular weight is 427 g/mol. The minimum atomic E-state index is 0.552. The van der Waals surface area contributed by atoms with Crippen molar-refractivity contribution in [3.63, 3.8) is 0 Å². The van der Waals surface area contributed by atoms with Gasteiger partial charge in [-0.15, -0.1) is 11.3 Å². The highest BCUT2D eigenvalue weighted by atomic mass is 32.1. The van der Waals surface area contributed by atoms with Crippen molar-refractivity contribution in [2.75, 3.05) is 26.2 Å². The third-order valence-corrected chi connectivity index (χ3v) is 6.89. The van der Waals surface area contributed by atoms with Gasteiger partial charge in [-0.1, -0.05) is 18.2 Å². The summed E-state index contributed by atoms with van der Waals surface area (Å²) in [6.07, 6.45) is 2.43. The van der Waals surface area contributed by atoms with Gasteiger partial charge in [-0.3, -0.25) is 14.4 Å². The monoisotopic (exact) mass is 426 g/mol. The molecule has 3 heterocycles. The van der Waals surface area contributed by atoms with Crippen molar-refractivity contribution >= 4 is 23.6 Å². The molecule has 0 radical (unpaired) electrons. The summed E-state index contributed by atoms with van der Waals surface area (Å²) >= 11 is 7.57. The number of rotatable bonds is 6. The molecule has 1 saturated carbocycles. The Balaban J connectivity index is 1.27. The molecule has 2 fully saturated rings. The number of aromatic nitrogens is 4. The third kappa shape index (κ3) is 4.21. The zero-order chi connectivity index (χ0) is 19.8. The molecule has 0 spiro atoms.